The van der Waals surface area contributed by atoms with Gasteiger partial charge in [-0.1, -0.05) is 0 Å². The fourth-order valence-electron chi connectivity index (χ4n) is 3.33. The Morgan fingerprint density at radius 2 is 2.20 bits per heavy atom. The van der Waals surface area contributed by atoms with E-state index in [0.29, 0.717) is 20.6 Å². The van der Waals surface area contributed by atoms with Crippen LogP contribution in [0.2, 0.25) is 0 Å². The molecule has 1 fully saturated rings. The number of ketones is 1. The molecule has 124 valence electrons. The van der Waals surface area contributed by atoms with Gasteiger partial charge in [0, 0.05) is 35.8 Å². The molecule has 1 aliphatic carbocycles. The Labute approximate surface area is 158 Å². The summed E-state index contributed by atoms with van der Waals surface area (Å²) in [7, 11) is 1.97. The number of phenolic OH excluding ortho intramolecular Hbond substituents is 1. The van der Waals surface area contributed by atoms with Gasteiger partial charge in [0.2, 0.25) is 0 Å². The van der Waals surface area contributed by atoms with Crippen molar-refractivity contribution in [1.82, 2.24) is 9.55 Å². The zero-order chi connectivity index (χ0) is 17.7. The number of phenols is 1. The lowest BCUT2D eigenvalue weighted by atomic mass is 9.97. The minimum Gasteiger partial charge on any atom is -0.505 e. The van der Waals surface area contributed by atoms with Gasteiger partial charge in [-0.3, -0.25) is 9.78 Å². The molecule has 25 heavy (non-hydrogen) atoms. The van der Waals surface area contributed by atoms with Crippen LogP contribution >= 0.6 is 22.6 Å². The van der Waals surface area contributed by atoms with Gasteiger partial charge < -0.3 is 9.67 Å². The molecule has 2 heterocycles. The van der Waals surface area contributed by atoms with Crippen LogP contribution in [0.4, 0.5) is 0 Å². The maximum absolute atomic E-state index is 13.3. The molecule has 1 aliphatic rings. The molecule has 0 bridgehead atoms. The molecule has 0 atom stereocenters. The summed E-state index contributed by atoms with van der Waals surface area (Å²) >= 11 is 1.94. The first-order chi connectivity index (χ1) is 12.0. The van der Waals surface area contributed by atoms with Crippen molar-refractivity contribution in [3.8, 4) is 11.8 Å². The first-order valence-electron chi connectivity index (χ1n) is 7.92. The van der Waals surface area contributed by atoms with Crippen molar-refractivity contribution in [3.63, 3.8) is 0 Å². The van der Waals surface area contributed by atoms with E-state index in [1.807, 2.05) is 41.8 Å². The number of nitrogens with zero attached hydrogens (tertiary/aromatic N) is 3. The minimum absolute atomic E-state index is 0.0795. The Balaban J connectivity index is 1.96. The minimum atomic E-state index is -0.117. The molecule has 2 aromatic heterocycles. The van der Waals surface area contributed by atoms with E-state index in [9.17, 15) is 15.2 Å². The number of carbonyl (C=O) groups excluding carboxylic acids is 1. The fraction of sp³-hybridized carbons (Fsp3) is 0.211. The van der Waals surface area contributed by atoms with Crippen LogP contribution in [-0.4, -0.2) is 20.4 Å². The van der Waals surface area contributed by atoms with Gasteiger partial charge in [-0.05, 0) is 53.6 Å². The summed E-state index contributed by atoms with van der Waals surface area (Å²) in [6.45, 7) is 0. The molecular weight excluding hydrogens is 429 g/mol. The van der Waals surface area contributed by atoms with Crippen LogP contribution in [0.25, 0.3) is 10.9 Å². The predicted molar refractivity (Wildman–Crippen MR) is 102 cm³/mol. The van der Waals surface area contributed by atoms with E-state index in [4.69, 9.17) is 0 Å². The van der Waals surface area contributed by atoms with Gasteiger partial charge >= 0.3 is 0 Å². The quantitative estimate of drug-likeness (QED) is 0.493. The number of aryl methyl sites for hydroxylation is 1. The highest BCUT2D eigenvalue weighted by atomic mass is 127. The van der Waals surface area contributed by atoms with Crippen LogP contribution in [0, 0.1) is 14.9 Å². The zero-order valence-corrected chi connectivity index (χ0v) is 15.6. The number of benzene rings is 1. The molecule has 5 nitrogen and oxygen atoms in total. The third kappa shape index (κ3) is 2.50. The topological polar surface area (TPSA) is 78.9 Å². The average Bonchev–Trinajstić information content (AvgIpc) is 3.41. The fourth-order valence-corrected chi connectivity index (χ4v) is 3.96. The van der Waals surface area contributed by atoms with Crippen LogP contribution in [0.15, 0.2) is 30.6 Å². The summed E-state index contributed by atoms with van der Waals surface area (Å²) in [5, 5.41) is 20.0. The molecule has 1 saturated carbocycles. The van der Waals surface area contributed by atoms with Crippen molar-refractivity contribution in [2.24, 2.45) is 7.05 Å². The SMILES string of the molecule is Cn1c(C2CC2)c(C(=O)c2cc(I)c(O)c(C#N)c2)c2ccncc21. The third-order valence-electron chi connectivity index (χ3n) is 4.69. The van der Waals surface area contributed by atoms with Crippen molar-refractivity contribution < 1.29 is 9.90 Å². The van der Waals surface area contributed by atoms with Crippen LogP contribution < -0.4 is 0 Å². The van der Waals surface area contributed by atoms with Gasteiger partial charge in [0.1, 0.15) is 11.8 Å². The number of aromatic hydroxyl groups is 1. The summed E-state index contributed by atoms with van der Waals surface area (Å²) < 4.78 is 2.55. The van der Waals surface area contributed by atoms with Gasteiger partial charge in [0.25, 0.3) is 0 Å². The summed E-state index contributed by atoms with van der Waals surface area (Å²) in [4.78, 5) is 17.5. The molecule has 0 unspecified atom stereocenters. The zero-order valence-electron chi connectivity index (χ0n) is 13.5. The second-order valence-electron chi connectivity index (χ2n) is 6.28. The van der Waals surface area contributed by atoms with Crippen molar-refractivity contribution in [2.45, 2.75) is 18.8 Å². The Hall–Kier alpha value is -2.40. The van der Waals surface area contributed by atoms with Gasteiger partial charge in [-0.2, -0.15) is 5.26 Å². The number of hydrogen-bond donors (Lipinski definition) is 1. The van der Waals surface area contributed by atoms with E-state index < -0.39 is 0 Å². The number of halogens is 1. The van der Waals surface area contributed by atoms with E-state index in [0.717, 1.165) is 29.4 Å². The third-order valence-corrected chi connectivity index (χ3v) is 5.51. The van der Waals surface area contributed by atoms with E-state index in [-0.39, 0.29) is 17.1 Å². The maximum Gasteiger partial charge on any atom is 0.195 e. The average molecular weight is 443 g/mol. The highest BCUT2D eigenvalue weighted by Gasteiger charge is 2.33. The number of aromatic nitrogens is 2. The maximum atomic E-state index is 13.3. The Morgan fingerprint density at radius 1 is 1.44 bits per heavy atom. The van der Waals surface area contributed by atoms with Gasteiger partial charge in [0.15, 0.2) is 5.78 Å². The highest BCUT2D eigenvalue weighted by molar-refractivity contribution is 14.1. The molecule has 0 amide bonds. The highest BCUT2D eigenvalue weighted by Crippen LogP contribution is 2.45. The van der Waals surface area contributed by atoms with Crippen LogP contribution in [0.1, 0.15) is 45.9 Å². The number of fused-ring (bicyclic) bond motifs is 1. The molecule has 6 heteroatoms. The molecule has 0 radical (unpaired) electrons. The van der Waals surface area contributed by atoms with Crippen LogP contribution in [-0.2, 0) is 7.05 Å². The molecule has 0 spiro atoms. The Kier molecular flexibility index (Phi) is 3.76. The normalized spacial score (nSPS) is 13.8. The molecule has 1 aromatic carbocycles. The molecule has 0 saturated heterocycles. The number of nitriles is 1. The predicted octanol–water partition coefficient (Wildman–Crippen LogP) is 3.86. The van der Waals surface area contributed by atoms with Crippen LogP contribution in [0.3, 0.4) is 0 Å². The van der Waals surface area contributed by atoms with Crippen molar-refractivity contribution in [3.05, 3.63) is 56.5 Å². The molecule has 4 rings (SSSR count). The van der Waals surface area contributed by atoms with E-state index in [2.05, 4.69) is 9.55 Å². The largest absolute Gasteiger partial charge is 0.505 e. The summed E-state index contributed by atoms with van der Waals surface area (Å²) in [5.41, 5.74) is 3.19. The number of pyridine rings is 1. The van der Waals surface area contributed by atoms with E-state index in [1.165, 1.54) is 6.07 Å². The van der Waals surface area contributed by atoms with Crippen LogP contribution in [0.5, 0.6) is 5.75 Å². The molecular formula is C19H14IN3O2. The molecule has 3 aromatic rings. The molecule has 0 aliphatic heterocycles. The van der Waals surface area contributed by atoms with E-state index in [1.54, 1.807) is 18.5 Å². The Morgan fingerprint density at radius 3 is 2.88 bits per heavy atom. The second kappa shape index (κ2) is 5.85. The van der Waals surface area contributed by atoms with Gasteiger partial charge in [0.05, 0.1) is 26.4 Å². The van der Waals surface area contributed by atoms with Gasteiger partial charge in [-0.25, -0.2) is 0 Å². The summed E-state index contributed by atoms with van der Waals surface area (Å²) in [6, 6.07) is 6.92. The monoisotopic (exact) mass is 443 g/mol. The van der Waals surface area contributed by atoms with Crippen molar-refractivity contribution in [2.75, 3.05) is 0 Å². The summed E-state index contributed by atoms with van der Waals surface area (Å²) in [5.74, 6) is 0.195. The number of carbonyl (C=O) groups is 1. The smallest absolute Gasteiger partial charge is 0.195 e. The van der Waals surface area contributed by atoms with E-state index >= 15 is 0 Å². The number of rotatable bonds is 3. The first-order valence-corrected chi connectivity index (χ1v) is 9.00. The standard InChI is InChI=1S/C19H14IN3O2/c1-23-15-9-22-5-4-13(15)16(17(23)10-2-3-10)19(25)11-6-12(8-21)18(24)14(20)7-11/h4-7,9-10,24H,2-3H2,1H3. The Bertz CT molecular complexity index is 1070. The number of hydrogen-bond acceptors (Lipinski definition) is 4. The molecule has 1 N–H and O–H groups in total. The van der Waals surface area contributed by atoms with Crippen molar-refractivity contribution in [1.29, 1.82) is 5.26 Å². The first kappa shape index (κ1) is 16.1. The lowest BCUT2D eigenvalue weighted by Gasteiger charge is -2.08. The lowest BCUT2D eigenvalue weighted by molar-refractivity contribution is 0.103. The summed E-state index contributed by atoms with van der Waals surface area (Å²) in [6.07, 6.45) is 5.62. The van der Waals surface area contributed by atoms with Crippen molar-refractivity contribution >= 4 is 39.3 Å². The second-order valence-corrected chi connectivity index (χ2v) is 7.44. The lowest BCUT2D eigenvalue weighted by Crippen LogP contribution is -2.07. The van der Waals surface area contributed by atoms with Gasteiger partial charge in [-0.15, -0.1) is 0 Å².